The second kappa shape index (κ2) is 12.4. The zero-order valence-corrected chi connectivity index (χ0v) is 18.5. The number of methoxy groups -OCH3 is 1. The Labute approximate surface area is 184 Å². The van der Waals surface area contributed by atoms with Crippen LogP contribution in [-0.2, 0) is 19.0 Å². The first kappa shape index (κ1) is 27.1. The van der Waals surface area contributed by atoms with Crippen molar-refractivity contribution in [1.82, 2.24) is 26.8 Å². The van der Waals surface area contributed by atoms with Crippen molar-refractivity contribution in [1.29, 1.82) is 0 Å². The van der Waals surface area contributed by atoms with E-state index in [-0.39, 0.29) is 12.1 Å². The molecule has 2 fully saturated rings. The van der Waals surface area contributed by atoms with Crippen LogP contribution in [-0.4, -0.2) is 110 Å². The summed E-state index contributed by atoms with van der Waals surface area (Å²) in [7, 11) is 4.23. The van der Waals surface area contributed by atoms with E-state index in [1.165, 1.54) is 25.2 Å². The molecule has 1 amide bonds. The number of carbonyl (C=O) groups is 1. The molecule has 0 radical (unpaired) electrons. The molecular weight excluding hydrogens is 439 g/mol. The maximum atomic E-state index is 13.7. The standard InChI is InChI=1S/C18H34F3N5O6/c1-8(22-2)10-6-5-9(24-20)18(31-10)32-16-12(25-21)14(28)17(30-4)13(15(16)29)26(3)11(27)7-23-19/h8-10,12-18,22-25,28-29H,5-7H2,1-4H3/t8?,9-,10+,12+,13+,14+,15-,16?,17-,18-/m1/s1. The van der Waals surface area contributed by atoms with E-state index in [1.54, 1.807) is 12.6 Å². The van der Waals surface area contributed by atoms with Gasteiger partial charge in [0, 0.05) is 20.2 Å². The number of hydrogen-bond acceptors (Lipinski definition) is 10. The van der Waals surface area contributed by atoms with E-state index in [9.17, 15) is 28.5 Å². The van der Waals surface area contributed by atoms with Gasteiger partial charge >= 0.3 is 0 Å². The van der Waals surface area contributed by atoms with Gasteiger partial charge in [-0.05, 0) is 26.8 Å². The molecule has 0 bridgehead atoms. The molecule has 10 atom stereocenters. The number of nitrogens with zero attached hydrogens (tertiary/aromatic N) is 1. The number of hydrogen-bond donors (Lipinski definition) is 6. The molecule has 2 aliphatic rings. The molecule has 6 N–H and O–H groups in total. The lowest BCUT2D eigenvalue weighted by Crippen LogP contribution is -2.72. The molecule has 0 aromatic carbocycles. The van der Waals surface area contributed by atoms with Crippen LogP contribution < -0.4 is 21.9 Å². The number of amides is 1. The summed E-state index contributed by atoms with van der Waals surface area (Å²) >= 11 is 0. The van der Waals surface area contributed by atoms with Crippen molar-refractivity contribution in [2.75, 3.05) is 27.7 Å². The third-order valence-electron chi connectivity index (χ3n) is 6.38. The van der Waals surface area contributed by atoms with Crippen LogP contribution in [0.25, 0.3) is 0 Å². The van der Waals surface area contributed by atoms with Gasteiger partial charge in [0.25, 0.3) is 0 Å². The molecule has 188 valence electrons. The van der Waals surface area contributed by atoms with Crippen LogP contribution in [0.1, 0.15) is 19.8 Å². The van der Waals surface area contributed by atoms with Gasteiger partial charge in [-0.1, -0.05) is 0 Å². The maximum Gasteiger partial charge on any atom is 0.239 e. The number of halogens is 3. The second-order valence-electron chi connectivity index (χ2n) is 8.14. The SMILES string of the molecule is CNC(C)[C@@H]1CC[C@@H](NF)[C@@H](OC2[C@@H](NF)[C@H](O)[C@H](OC)[C@@H](N(C)C(=O)CNF)[C@H]2O)O1. The third-order valence-corrected chi connectivity index (χ3v) is 6.38. The van der Waals surface area contributed by atoms with E-state index in [2.05, 4.69) is 5.32 Å². The smallest absolute Gasteiger partial charge is 0.239 e. The van der Waals surface area contributed by atoms with E-state index < -0.39 is 61.3 Å². The fraction of sp³-hybridized carbons (Fsp3) is 0.944. The molecule has 1 aliphatic carbocycles. The highest BCUT2D eigenvalue weighted by Gasteiger charge is 2.54. The minimum atomic E-state index is -1.60. The highest BCUT2D eigenvalue weighted by molar-refractivity contribution is 5.78. The van der Waals surface area contributed by atoms with Crippen LogP contribution in [0.15, 0.2) is 0 Å². The lowest BCUT2D eigenvalue weighted by molar-refractivity contribution is -0.280. The van der Waals surface area contributed by atoms with Crippen molar-refractivity contribution in [2.24, 2.45) is 0 Å². The van der Waals surface area contributed by atoms with Crippen LogP contribution in [0, 0.1) is 0 Å². The van der Waals surface area contributed by atoms with E-state index in [0.29, 0.717) is 12.8 Å². The number of rotatable bonds is 10. The highest BCUT2D eigenvalue weighted by atomic mass is 19.2. The number of ether oxygens (including phenoxy) is 3. The van der Waals surface area contributed by atoms with Gasteiger partial charge in [0.2, 0.25) is 5.91 Å². The van der Waals surface area contributed by atoms with Crippen LogP contribution in [0.4, 0.5) is 13.4 Å². The van der Waals surface area contributed by atoms with Gasteiger partial charge in [0.1, 0.15) is 31.0 Å². The Morgan fingerprint density at radius 3 is 2.41 bits per heavy atom. The predicted molar refractivity (Wildman–Crippen MR) is 106 cm³/mol. The van der Waals surface area contributed by atoms with Gasteiger partial charge in [0.05, 0.1) is 24.2 Å². The van der Waals surface area contributed by atoms with Crippen LogP contribution in [0.3, 0.4) is 0 Å². The van der Waals surface area contributed by atoms with E-state index >= 15 is 0 Å². The monoisotopic (exact) mass is 473 g/mol. The fourth-order valence-electron chi connectivity index (χ4n) is 4.33. The van der Waals surface area contributed by atoms with Crippen molar-refractivity contribution in [2.45, 2.75) is 80.7 Å². The van der Waals surface area contributed by atoms with Crippen molar-refractivity contribution in [3.05, 3.63) is 0 Å². The van der Waals surface area contributed by atoms with Gasteiger partial charge in [-0.25, -0.2) is 0 Å². The lowest BCUT2D eigenvalue weighted by Gasteiger charge is -2.50. The topological polar surface area (TPSA) is 137 Å². The van der Waals surface area contributed by atoms with Gasteiger partial charge in [-0.3, -0.25) is 4.79 Å². The lowest BCUT2D eigenvalue weighted by atomic mass is 9.80. The largest absolute Gasteiger partial charge is 0.388 e. The average Bonchev–Trinajstić information content (AvgIpc) is 2.80. The number of likely N-dealkylation sites (N-methyl/N-ethyl adjacent to an activating group) is 2. The summed E-state index contributed by atoms with van der Waals surface area (Å²) in [5, 5.41) is 24.8. The molecule has 0 spiro atoms. The molecule has 0 aromatic rings. The summed E-state index contributed by atoms with van der Waals surface area (Å²) in [6.07, 6.45) is -6.60. The minimum absolute atomic E-state index is 0.0961. The van der Waals surface area contributed by atoms with Gasteiger partial charge in [0.15, 0.2) is 6.29 Å². The number of aliphatic hydroxyl groups excluding tert-OH is 2. The molecule has 2 rings (SSSR count). The average molecular weight is 473 g/mol. The van der Waals surface area contributed by atoms with Crippen molar-refractivity contribution in [3.63, 3.8) is 0 Å². The van der Waals surface area contributed by atoms with E-state index in [1.807, 2.05) is 6.92 Å². The third kappa shape index (κ3) is 5.69. The highest BCUT2D eigenvalue weighted by Crippen LogP contribution is 2.32. The molecule has 11 nitrogen and oxygen atoms in total. The quantitative estimate of drug-likeness (QED) is 0.202. The van der Waals surface area contributed by atoms with Crippen molar-refractivity contribution < 1.29 is 42.7 Å². The Bertz CT molecular complexity index is 599. The second-order valence-corrected chi connectivity index (χ2v) is 8.14. The molecule has 1 saturated carbocycles. The first-order valence-corrected chi connectivity index (χ1v) is 10.4. The van der Waals surface area contributed by atoms with Crippen molar-refractivity contribution >= 4 is 5.91 Å². The summed E-state index contributed by atoms with van der Waals surface area (Å²) < 4.78 is 56.5. The Balaban J connectivity index is 2.31. The number of carbonyl (C=O) groups excluding carboxylic acids is 1. The first-order chi connectivity index (χ1) is 15.2. The molecule has 1 aliphatic heterocycles. The first-order valence-electron chi connectivity index (χ1n) is 10.4. The Hall–Kier alpha value is -1.10. The van der Waals surface area contributed by atoms with E-state index in [4.69, 9.17) is 14.2 Å². The zero-order chi connectivity index (χ0) is 24.0. The van der Waals surface area contributed by atoms with Crippen LogP contribution in [0.5, 0.6) is 0 Å². The molecule has 2 unspecified atom stereocenters. The predicted octanol–water partition coefficient (Wildman–Crippen LogP) is -1.78. The molecular formula is C18H34F3N5O6. The van der Waals surface area contributed by atoms with Crippen LogP contribution >= 0.6 is 0 Å². The molecule has 32 heavy (non-hydrogen) atoms. The summed E-state index contributed by atoms with van der Waals surface area (Å²) in [4.78, 5) is 13.2. The Morgan fingerprint density at radius 1 is 1.19 bits per heavy atom. The minimum Gasteiger partial charge on any atom is -0.388 e. The van der Waals surface area contributed by atoms with Gasteiger partial charge in [-0.15, -0.1) is 19.0 Å². The molecule has 1 saturated heterocycles. The summed E-state index contributed by atoms with van der Waals surface area (Å²) in [5.74, 6) is -0.753. The van der Waals surface area contributed by atoms with Crippen molar-refractivity contribution in [3.8, 4) is 0 Å². The molecule has 0 aromatic heterocycles. The summed E-state index contributed by atoms with van der Waals surface area (Å²) in [6, 6.07) is -3.72. The van der Waals surface area contributed by atoms with Gasteiger partial charge < -0.3 is 34.6 Å². The van der Waals surface area contributed by atoms with Gasteiger partial charge in [-0.2, -0.15) is 11.1 Å². The molecule has 1 heterocycles. The maximum absolute atomic E-state index is 13.7. The normalized spacial score (nSPS) is 39.0. The summed E-state index contributed by atoms with van der Waals surface area (Å²) in [6.45, 7) is 1.18. The van der Waals surface area contributed by atoms with Crippen LogP contribution in [0.2, 0.25) is 0 Å². The molecule has 14 heteroatoms. The Kier molecular flexibility index (Phi) is 10.5. The zero-order valence-electron chi connectivity index (χ0n) is 18.5. The number of aliphatic hydroxyl groups is 2. The Morgan fingerprint density at radius 2 is 1.88 bits per heavy atom. The fourth-order valence-corrected chi connectivity index (χ4v) is 4.33. The van der Waals surface area contributed by atoms with E-state index in [0.717, 1.165) is 4.90 Å². The summed E-state index contributed by atoms with van der Waals surface area (Å²) in [5.41, 5.74) is 4.23. The number of nitrogens with one attached hydrogen (secondary N) is 4.